The number of nitrogens with two attached hydrogens (primary N) is 1. The van der Waals surface area contributed by atoms with E-state index in [2.05, 4.69) is 22.5 Å². The molecule has 0 aliphatic carbocycles. The van der Waals surface area contributed by atoms with E-state index in [1.54, 1.807) is 0 Å². The molecule has 1 unspecified atom stereocenters. The number of carbonyl (C=O) groups excluding carboxylic acids is 1. The Bertz CT molecular complexity index is 1050. The van der Waals surface area contributed by atoms with Gasteiger partial charge in [0.2, 0.25) is 0 Å². The third kappa shape index (κ3) is 7.60. The summed E-state index contributed by atoms with van der Waals surface area (Å²) >= 11 is 12.0. The van der Waals surface area contributed by atoms with E-state index < -0.39 is 38.6 Å². The minimum atomic E-state index is -4.67. The molecule has 0 amide bonds. The summed E-state index contributed by atoms with van der Waals surface area (Å²) in [4.78, 5) is 21.4. The minimum Gasteiger partial charge on any atom is -0.382 e. The van der Waals surface area contributed by atoms with Crippen LogP contribution in [0.4, 0.5) is 24.7 Å². The molecule has 0 saturated heterocycles. The Morgan fingerprint density at radius 2 is 1.85 bits per heavy atom. The molecule has 0 aliphatic rings. The van der Waals surface area contributed by atoms with Crippen LogP contribution in [0.15, 0.2) is 28.2 Å². The first-order valence-corrected chi connectivity index (χ1v) is 12.5. The maximum atomic E-state index is 13.0. The summed E-state index contributed by atoms with van der Waals surface area (Å²) in [5, 5.41) is 3.15. The maximum absolute atomic E-state index is 13.0. The lowest BCUT2D eigenvalue weighted by Crippen LogP contribution is -2.34. The fraction of sp³-hybridized carbons (Fsp3) is 0.450. The van der Waals surface area contributed by atoms with Crippen molar-refractivity contribution in [2.24, 2.45) is 4.99 Å². The van der Waals surface area contributed by atoms with Gasteiger partial charge in [0, 0.05) is 12.7 Å². The number of rotatable bonds is 8. The summed E-state index contributed by atoms with van der Waals surface area (Å²) in [5.41, 5.74) is 6.98. The number of hydrogen-bond donors (Lipinski definition) is 2. The van der Waals surface area contributed by atoms with E-state index >= 15 is 0 Å². The molecular formula is C20H24Cl2F3N5O3S. The number of halogens is 5. The van der Waals surface area contributed by atoms with Gasteiger partial charge in [0.1, 0.15) is 16.4 Å². The van der Waals surface area contributed by atoms with Gasteiger partial charge in [-0.25, -0.2) is 9.79 Å². The van der Waals surface area contributed by atoms with Gasteiger partial charge in [0.25, 0.3) is 5.96 Å². The van der Waals surface area contributed by atoms with Crippen molar-refractivity contribution >= 4 is 57.4 Å². The summed E-state index contributed by atoms with van der Waals surface area (Å²) in [6.45, 7) is 2.08. The van der Waals surface area contributed by atoms with Gasteiger partial charge >= 0.3 is 12.1 Å². The van der Waals surface area contributed by atoms with Crippen molar-refractivity contribution < 1.29 is 27.0 Å². The van der Waals surface area contributed by atoms with Crippen molar-refractivity contribution in [1.82, 2.24) is 15.3 Å². The highest BCUT2D eigenvalue weighted by Crippen LogP contribution is 2.40. The van der Waals surface area contributed by atoms with E-state index in [0.29, 0.717) is 18.6 Å². The van der Waals surface area contributed by atoms with Crippen LogP contribution < -0.4 is 11.2 Å². The summed E-state index contributed by atoms with van der Waals surface area (Å²) in [5.74, 6) is -1.02. The van der Waals surface area contributed by atoms with Crippen LogP contribution in [0.1, 0.15) is 51.0 Å². The van der Waals surface area contributed by atoms with Gasteiger partial charge in [0.05, 0.1) is 32.6 Å². The number of benzene rings is 1. The molecule has 1 aromatic heterocycles. The Morgan fingerprint density at radius 1 is 1.24 bits per heavy atom. The highest BCUT2D eigenvalue weighted by molar-refractivity contribution is 7.84. The molecule has 0 radical (unpaired) electrons. The quantitative estimate of drug-likeness (QED) is 0.198. The van der Waals surface area contributed by atoms with Crippen molar-refractivity contribution in [2.45, 2.75) is 56.5 Å². The molecule has 1 atom stereocenters. The molecule has 14 heteroatoms. The molecule has 3 N–H and O–H groups in total. The van der Waals surface area contributed by atoms with Crippen molar-refractivity contribution in [3.05, 3.63) is 33.9 Å². The summed E-state index contributed by atoms with van der Waals surface area (Å²) < 4.78 is 51.9. The molecule has 188 valence electrons. The van der Waals surface area contributed by atoms with Gasteiger partial charge in [-0.2, -0.15) is 28.4 Å². The van der Waals surface area contributed by atoms with Gasteiger partial charge in [0.15, 0.2) is 0 Å². The Labute approximate surface area is 207 Å². The molecule has 0 spiro atoms. The second-order valence-corrected chi connectivity index (χ2v) is 9.38. The zero-order valence-corrected chi connectivity index (χ0v) is 20.7. The Balaban J connectivity index is 2.35. The van der Waals surface area contributed by atoms with E-state index in [1.807, 2.05) is 0 Å². The van der Waals surface area contributed by atoms with Crippen molar-refractivity contribution in [1.29, 1.82) is 0 Å². The molecular weight excluding hydrogens is 518 g/mol. The number of aromatic nitrogens is 2. The molecule has 0 aliphatic heterocycles. The minimum absolute atomic E-state index is 0.0955. The maximum Gasteiger partial charge on any atom is 0.416 e. The highest BCUT2D eigenvalue weighted by atomic mass is 35.5. The normalized spacial score (nSPS) is 13.1. The number of hydroxylamine groups is 1. The number of nitrogen functional groups attached to an aromatic ring is 1. The molecule has 0 bridgehead atoms. The molecule has 2 aromatic rings. The first-order chi connectivity index (χ1) is 16.0. The third-order valence-electron chi connectivity index (χ3n) is 4.58. The Hall–Kier alpha value is -2.31. The van der Waals surface area contributed by atoms with Crippen molar-refractivity contribution in [3.8, 4) is 0 Å². The third-order valence-corrected chi connectivity index (χ3v) is 6.09. The van der Waals surface area contributed by atoms with Gasteiger partial charge in [-0.15, -0.1) is 0 Å². The smallest absolute Gasteiger partial charge is 0.382 e. The number of nitrogens with zero attached hydrogens (tertiary/aromatic N) is 3. The van der Waals surface area contributed by atoms with Gasteiger partial charge < -0.3 is 10.6 Å². The van der Waals surface area contributed by atoms with E-state index in [9.17, 15) is 22.2 Å². The number of nitrogens with one attached hydrogen (secondary N) is 1. The predicted molar refractivity (Wildman–Crippen MR) is 126 cm³/mol. The second kappa shape index (κ2) is 12.4. The number of aliphatic imine (C=N–C) groups is 1. The molecule has 0 saturated carbocycles. The van der Waals surface area contributed by atoms with Crippen LogP contribution in [-0.2, 0) is 26.6 Å². The largest absolute Gasteiger partial charge is 0.416 e. The Morgan fingerprint density at radius 3 is 2.38 bits per heavy atom. The monoisotopic (exact) mass is 541 g/mol. The summed E-state index contributed by atoms with van der Waals surface area (Å²) in [6.07, 6.45) is 2.66. The number of hydrogen-bond acceptors (Lipinski definition) is 6. The summed E-state index contributed by atoms with van der Waals surface area (Å²) in [7, 11) is -1.50. The van der Waals surface area contributed by atoms with Crippen LogP contribution >= 0.6 is 23.2 Å². The van der Waals surface area contributed by atoms with Gasteiger partial charge in [-0.1, -0.05) is 55.8 Å². The highest BCUT2D eigenvalue weighted by Gasteiger charge is 2.32. The molecule has 0 fully saturated rings. The number of unbranched alkanes of at least 4 members (excludes halogenated alkanes) is 4. The standard InChI is InChI=1S/C20H24Cl2F3N5O3S/c1-3-4-5-6-7-8-16(31)33-29-19(30-18(26)15(11-27-30)34(2)32)28-17-13(21)9-12(10-14(17)22)20(23,24)25/h9-11H,3-8,26H2,1-2H3,(H,28,29). The Kier molecular flexibility index (Phi) is 10.2. The predicted octanol–water partition coefficient (Wildman–Crippen LogP) is 5.47. The number of alkyl halides is 3. The van der Waals surface area contributed by atoms with Crippen LogP contribution in [0.5, 0.6) is 0 Å². The topological polar surface area (TPSA) is 112 Å². The fourth-order valence-electron chi connectivity index (χ4n) is 2.81. The first kappa shape index (κ1) is 27.9. The van der Waals surface area contributed by atoms with Crippen molar-refractivity contribution in [3.63, 3.8) is 0 Å². The molecule has 1 heterocycles. The average Bonchev–Trinajstić information content (AvgIpc) is 3.13. The van der Waals surface area contributed by atoms with Crippen LogP contribution in [0.2, 0.25) is 10.0 Å². The molecule has 1 aromatic carbocycles. The molecule has 34 heavy (non-hydrogen) atoms. The van der Waals surface area contributed by atoms with Crippen molar-refractivity contribution in [2.75, 3.05) is 12.0 Å². The molecule has 8 nitrogen and oxygen atoms in total. The summed E-state index contributed by atoms with van der Waals surface area (Å²) in [6, 6.07) is 1.32. The first-order valence-electron chi connectivity index (χ1n) is 10.2. The lowest BCUT2D eigenvalue weighted by Gasteiger charge is -2.13. The van der Waals surface area contributed by atoms with E-state index in [0.717, 1.165) is 30.4 Å². The molecule has 2 rings (SSSR count). The lowest BCUT2D eigenvalue weighted by molar-refractivity contribution is -0.148. The number of carbonyl (C=O) groups is 1. The fourth-order valence-corrected chi connectivity index (χ4v) is 3.96. The lowest BCUT2D eigenvalue weighted by atomic mass is 10.1. The van der Waals surface area contributed by atoms with E-state index in [-0.39, 0.29) is 28.8 Å². The average molecular weight is 542 g/mol. The zero-order chi connectivity index (χ0) is 25.5. The van der Waals surface area contributed by atoms with Crippen LogP contribution in [0.25, 0.3) is 0 Å². The van der Waals surface area contributed by atoms with Crippen LogP contribution in [-0.4, -0.2) is 32.2 Å². The zero-order valence-electron chi connectivity index (χ0n) is 18.4. The van der Waals surface area contributed by atoms with Crippen LogP contribution in [0, 0.1) is 0 Å². The van der Waals surface area contributed by atoms with Gasteiger partial charge in [-0.3, -0.25) is 4.21 Å². The van der Waals surface area contributed by atoms with E-state index in [4.69, 9.17) is 33.8 Å². The van der Waals surface area contributed by atoms with Gasteiger partial charge in [-0.05, 0) is 18.6 Å². The second-order valence-electron chi connectivity index (χ2n) is 7.22. The SMILES string of the molecule is CCCCCCCC(=O)ONC(=Nc1c(Cl)cc(C(F)(F)F)cc1Cl)n1ncc(S(C)=O)c1N. The van der Waals surface area contributed by atoms with E-state index in [1.165, 1.54) is 12.5 Å². The number of anilines is 1. The van der Waals surface area contributed by atoms with Crippen LogP contribution in [0.3, 0.4) is 0 Å².